The van der Waals surface area contributed by atoms with Crippen LogP contribution in [0.25, 0.3) is 0 Å². The number of nitrogens with zero attached hydrogens (tertiary/aromatic N) is 1. The molecule has 2 aliphatic rings. The zero-order chi connectivity index (χ0) is 13.8. The van der Waals surface area contributed by atoms with Crippen molar-refractivity contribution in [3.63, 3.8) is 0 Å². The number of aliphatic hydroxyl groups excluding tert-OH is 1. The van der Waals surface area contributed by atoms with Gasteiger partial charge >= 0.3 is 0 Å². The van der Waals surface area contributed by atoms with E-state index in [1.54, 1.807) is 0 Å². The summed E-state index contributed by atoms with van der Waals surface area (Å²) in [6.07, 6.45) is 8.62. The van der Waals surface area contributed by atoms with E-state index in [4.69, 9.17) is 0 Å². The molecule has 1 aromatic rings. The second-order valence-corrected chi connectivity index (χ2v) is 6.71. The van der Waals surface area contributed by atoms with E-state index in [0.29, 0.717) is 5.41 Å². The Morgan fingerprint density at radius 3 is 2.30 bits per heavy atom. The largest absolute Gasteiger partial charge is 0.393 e. The Morgan fingerprint density at radius 1 is 1.00 bits per heavy atom. The topological polar surface area (TPSA) is 23.5 Å². The molecule has 0 spiro atoms. The van der Waals surface area contributed by atoms with Crippen molar-refractivity contribution in [1.29, 1.82) is 0 Å². The van der Waals surface area contributed by atoms with Gasteiger partial charge in [0.25, 0.3) is 0 Å². The van der Waals surface area contributed by atoms with Crippen molar-refractivity contribution in [2.45, 2.75) is 56.5 Å². The SMILES string of the molecule is OC1CCN(CC2(c3ccccc3)CCCCC2)CC1. The average molecular weight is 273 g/mol. The molecule has 1 aliphatic carbocycles. The zero-order valence-corrected chi connectivity index (χ0v) is 12.4. The maximum atomic E-state index is 9.69. The first kappa shape index (κ1) is 14.1. The van der Waals surface area contributed by atoms with Gasteiger partial charge in [0.1, 0.15) is 0 Å². The summed E-state index contributed by atoms with van der Waals surface area (Å²) in [5.74, 6) is 0. The molecule has 20 heavy (non-hydrogen) atoms. The standard InChI is InChI=1S/C18H27NO/c20-17-9-13-19(14-10-17)15-18(11-5-2-6-12-18)16-7-3-1-4-8-16/h1,3-4,7-8,17,20H,2,5-6,9-15H2. The molecule has 0 radical (unpaired) electrons. The first-order chi connectivity index (χ1) is 9.78. The third-order valence-electron chi connectivity index (χ3n) is 5.28. The van der Waals surface area contributed by atoms with E-state index in [-0.39, 0.29) is 6.10 Å². The fourth-order valence-corrected chi connectivity index (χ4v) is 4.06. The molecule has 110 valence electrons. The van der Waals surface area contributed by atoms with Crippen molar-refractivity contribution >= 4 is 0 Å². The van der Waals surface area contributed by atoms with Gasteiger partial charge in [-0.05, 0) is 31.2 Å². The van der Waals surface area contributed by atoms with Crippen LogP contribution in [0, 0.1) is 0 Å². The van der Waals surface area contributed by atoms with E-state index < -0.39 is 0 Å². The van der Waals surface area contributed by atoms with E-state index in [1.807, 2.05) is 0 Å². The minimum Gasteiger partial charge on any atom is -0.393 e. The van der Waals surface area contributed by atoms with Crippen LogP contribution in [0.3, 0.4) is 0 Å². The van der Waals surface area contributed by atoms with Gasteiger partial charge in [0.15, 0.2) is 0 Å². The minimum atomic E-state index is -0.0646. The predicted molar refractivity (Wildman–Crippen MR) is 82.9 cm³/mol. The monoisotopic (exact) mass is 273 g/mol. The summed E-state index contributed by atoms with van der Waals surface area (Å²) in [6.45, 7) is 3.31. The minimum absolute atomic E-state index is 0.0646. The second-order valence-electron chi connectivity index (χ2n) is 6.71. The first-order valence-electron chi connectivity index (χ1n) is 8.24. The highest BCUT2D eigenvalue weighted by Gasteiger charge is 2.36. The van der Waals surface area contributed by atoms with Gasteiger partial charge in [0, 0.05) is 25.0 Å². The summed E-state index contributed by atoms with van der Waals surface area (Å²) in [5.41, 5.74) is 1.90. The van der Waals surface area contributed by atoms with Crippen LogP contribution in [-0.4, -0.2) is 35.7 Å². The van der Waals surface area contributed by atoms with E-state index in [9.17, 15) is 5.11 Å². The molecule has 2 fully saturated rings. The fraction of sp³-hybridized carbons (Fsp3) is 0.667. The van der Waals surface area contributed by atoms with Gasteiger partial charge < -0.3 is 10.0 Å². The quantitative estimate of drug-likeness (QED) is 0.913. The molecule has 1 N–H and O–H groups in total. The van der Waals surface area contributed by atoms with Crippen LogP contribution in [0.2, 0.25) is 0 Å². The predicted octanol–water partition coefficient (Wildman–Crippen LogP) is 3.35. The number of hydrogen-bond donors (Lipinski definition) is 1. The molecule has 2 nitrogen and oxygen atoms in total. The molecule has 0 aromatic heterocycles. The van der Waals surface area contributed by atoms with Crippen LogP contribution in [0.15, 0.2) is 30.3 Å². The molecule has 1 saturated heterocycles. The Hall–Kier alpha value is -0.860. The second kappa shape index (κ2) is 6.28. The lowest BCUT2D eigenvalue weighted by molar-refractivity contribution is 0.0639. The van der Waals surface area contributed by atoms with E-state index in [2.05, 4.69) is 35.2 Å². The first-order valence-corrected chi connectivity index (χ1v) is 8.24. The van der Waals surface area contributed by atoms with Gasteiger partial charge in [-0.25, -0.2) is 0 Å². The highest BCUT2D eigenvalue weighted by Crippen LogP contribution is 2.40. The number of likely N-dealkylation sites (tertiary alicyclic amines) is 1. The summed E-state index contributed by atoms with van der Waals surface area (Å²) in [6, 6.07) is 11.1. The molecule has 1 saturated carbocycles. The molecule has 0 bridgehead atoms. The number of hydrogen-bond acceptors (Lipinski definition) is 2. The molecule has 2 heteroatoms. The molecule has 0 amide bonds. The lowest BCUT2D eigenvalue weighted by Gasteiger charge is -2.43. The molecule has 1 aliphatic heterocycles. The van der Waals surface area contributed by atoms with Crippen LogP contribution in [0.4, 0.5) is 0 Å². The highest BCUT2D eigenvalue weighted by molar-refractivity contribution is 5.26. The third-order valence-corrected chi connectivity index (χ3v) is 5.28. The van der Waals surface area contributed by atoms with E-state index in [1.165, 1.54) is 44.2 Å². The Kier molecular flexibility index (Phi) is 4.42. The normalized spacial score (nSPS) is 24.6. The van der Waals surface area contributed by atoms with Crippen molar-refractivity contribution < 1.29 is 5.11 Å². The summed E-state index contributed by atoms with van der Waals surface area (Å²) in [5, 5.41) is 9.69. The molecule has 0 atom stereocenters. The Labute approximate surface area is 122 Å². The summed E-state index contributed by atoms with van der Waals surface area (Å²) >= 11 is 0. The smallest absolute Gasteiger partial charge is 0.0564 e. The van der Waals surface area contributed by atoms with Crippen molar-refractivity contribution in [2.24, 2.45) is 0 Å². The Morgan fingerprint density at radius 2 is 1.65 bits per heavy atom. The van der Waals surface area contributed by atoms with Crippen LogP contribution >= 0.6 is 0 Å². The maximum Gasteiger partial charge on any atom is 0.0564 e. The van der Waals surface area contributed by atoms with Crippen LogP contribution in [0.1, 0.15) is 50.5 Å². The Balaban J connectivity index is 1.76. The molecule has 1 heterocycles. The zero-order valence-electron chi connectivity index (χ0n) is 12.4. The summed E-state index contributed by atoms with van der Waals surface area (Å²) < 4.78 is 0. The lowest BCUT2D eigenvalue weighted by Crippen LogP contribution is -2.46. The van der Waals surface area contributed by atoms with Crippen LogP contribution < -0.4 is 0 Å². The number of benzene rings is 1. The highest BCUT2D eigenvalue weighted by atomic mass is 16.3. The molecule has 1 aromatic carbocycles. The third kappa shape index (κ3) is 3.07. The van der Waals surface area contributed by atoms with Crippen molar-refractivity contribution in [1.82, 2.24) is 4.90 Å². The number of rotatable bonds is 3. The van der Waals surface area contributed by atoms with Gasteiger partial charge in [-0.15, -0.1) is 0 Å². The lowest BCUT2D eigenvalue weighted by atomic mass is 9.69. The van der Waals surface area contributed by atoms with Gasteiger partial charge in [-0.1, -0.05) is 49.6 Å². The van der Waals surface area contributed by atoms with Gasteiger partial charge in [0.2, 0.25) is 0 Å². The van der Waals surface area contributed by atoms with Crippen molar-refractivity contribution in [2.75, 3.05) is 19.6 Å². The average Bonchev–Trinajstić information content (AvgIpc) is 2.52. The summed E-state index contributed by atoms with van der Waals surface area (Å²) in [7, 11) is 0. The van der Waals surface area contributed by atoms with Gasteiger partial charge in [-0.2, -0.15) is 0 Å². The van der Waals surface area contributed by atoms with Crippen LogP contribution in [0.5, 0.6) is 0 Å². The van der Waals surface area contributed by atoms with Crippen LogP contribution in [-0.2, 0) is 5.41 Å². The van der Waals surface area contributed by atoms with Gasteiger partial charge in [0.05, 0.1) is 6.10 Å². The molecule has 0 unspecified atom stereocenters. The molecular formula is C18H27NO. The van der Waals surface area contributed by atoms with Crippen molar-refractivity contribution in [3.8, 4) is 0 Å². The number of piperidine rings is 1. The van der Waals surface area contributed by atoms with Crippen molar-refractivity contribution in [3.05, 3.63) is 35.9 Å². The van der Waals surface area contributed by atoms with E-state index >= 15 is 0 Å². The fourth-order valence-electron chi connectivity index (χ4n) is 4.06. The molecular weight excluding hydrogens is 246 g/mol. The Bertz CT molecular complexity index is 403. The maximum absolute atomic E-state index is 9.69. The molecule has 3 rings (SSSR count). The van der Waals surface area contributed by atoms with E-state index in [0.717, 1.165) is 25.9 Å². The summed E-state index contributed by atoms with van der Waals surface area (Å²) in [4.78, 5) is 2.59. The number of aliphatic hydroxyl groups is 1. The van der Waals surface area contributed by atoms with Gasteiger partial charge in [-0.3, -0.25) is 0 Å².